The normalized spacial score (nSPS) is 10.1. The van der Waals surface area contributed by atoms with Crippen molar-refractivity contribution in [3.8, 4) is 17.2 Å². The van der Waals surface area contributed by atoms with Gasteiger partial charge in [-0.2, -0.15) is 0 Å². The number of amides is 1. The summed E-state index contributed by atoms with van der Waals surface area (Å²) in [7, 11) is 0. The molecule has 0 aliphatic heterocycles. The van der Waals surface area contributed by atoms with Crippen molar-refractivity contribution in [3.63, 3.8) is 0 Å². The number of phenolic OH excluding ortho intramolecular Hbond substituents is 3. The second kappa shape index (κ2) is 6.69. The second-order valence-corrected chi connectivity index (χ2v) is 4.62. The summed E-state index contributed by atoms with van der Waals surface area (Å²) in [5.41, 5.74) is 0.729. The molecule has 0 unspecified atom stereocenters. The van der Waals surface area contributed by atoms with Gasteiger partial charge < -0.3 is 25.4 Å². The smallest absolute Gasteiger partial charge is 0.338 e. The van der Waals surface area contributed by atoms with Crippen LogP contribution in [0.25, 0.3) is 0 Å². The number of phenols is 3. The number of hydrogen-bond donors (Lipinski definition) is 4. The highest BCUT2D eigenvalue weighted by Gasteiger charge is 2.14. The standard InChI is InChI=1S/C16H15NO6/c1-2-23-16(22)9-3-5-11(6-4-9)17-15(21)10-7-12(18)14(20)13(19)8-10/h3-8,18-20H,2H2,1H3,(H,17,21). The number of ether oxygens (including phenoxy) is 1. The Morgan fingerprint density at radius 3 is 2.09 bits per heavy atom. The number of aromatic hydroxyl groups is 3. The summed E-state index contributed by atoms with van der Waals surface area (Å²) in [4.78, 5) is 23.6. The highest BCUT2D eigenvalue weighted by Crippen LogP contribution is 2.35. The first-order valence-electron chi connectivity index (χ1n) is 6.76. The van der Waals surface area contributed by atoms with Gasteiger partial charge in [0.05, 0.1) is 12.2 Å². The molecule has 4 N–H and O–H groups in total. The lowest BCUT2D eigenvalue weighted by molar-refractivity contribution is 0.0526. The largest absolute Gasteiger partial charge is 0.504 e. The first-order valence-corrected chi connectivity index (χ1v) is 6.76. The number of benzene rings is 2. The van der Waals surface area contributed by atoms with Crippen LogP contribution < -0.4 is 5.32 Å². The van der Waals surface area contributed by atoms with E-state index in [1.807, 2.05) is 0 Å². The molecular weight excluding hydrogens is 302 g/mol. The molecular formula is C16H15NO6. The molecule has 2 rings (SSSR count). The summed E-state index contributed by atoms with van der Waals surface area (Å²) in [6.07, 6.45) is 0. The van der Waals surface area contributed by atoms with Crippen LogP contribution in [0.3, 0.4) is 0 Å². The molecule has 23 heavy (non-hydrogen) atoms. The van der Waals surface area contributed by atoms with E-state index < -0.39 is 29.1 Å². The minimum absolute atomic E-state index is 0.0349. The molecule has 120 valence electrons. The Hall–Kier alpha value is -3.22. The Labute approximate surface area is 131 Å². The SMILES string of the molecule is CCOC(=O)c1ccc(NC(=O)c2cc(O)c(O)c(O)c2)cc1. The summed E-state index contributed by atoms with van der Waals surface area (Å²) in [6, 6.07) is 8.09. The second-order valence-electron chi connectivity index (χ2n) is 4.62. The Morgan fingerprint density at radius 1 is 1.00 bits per heavy atom. The summed E-state index contributed by atoms with van der Waals surface area (Å²) >= 11 is 0. The van der Waals surface area contributed by atoms with E-state index in [1.165, 1.54) is 24.3 Å². The fraction of sp³-hybridized carbons (Fsp3) is 0.125. The maximum Gasteiger partial charge on any atom is 0.338 e. The van der Waals surface area contributed by atoms with Crippen molar-refractivity contribution >= 4 is 17.6 Å². The van der Waals surface area contributed by atoms with Crippen LogP contribution in [-0.4, -0.2) is 33.8 Å². The molecule has 1 amide bonds. The van der Waals surface area contributed by atoms with Crippen molar-refractivity contribution in [3.05, 3.63) is 47.5 Å². The summed E-state index contributed by atoms with van der Waals surface area (Å²) in [5, 5.41) is 30.6. The third kappa shape index (κ3) is 3.70. The van der Waals surface area contributed by atoms with Gasteiger partial charge in [-0.05, 0) is 43.3 Å². The molecule has 0 saturated heterocycles. The van der Waals surface area contributed by atoms with Crippen molar-refractivity contribution in [2.24, 2.45) is 0 Å². The molecule has 7 nitrogen and oxygen atoms in total. The van der Waals surface area contributed by atoms with Crippen molar-refractivity contribution in [1.29, 1.82) is 0 Å². The molecule has 0 aliphatic rings. The maximum absolute atomic E-state index is 12.0. The third-order valence-electron chi connectivity index (χ3n) is 2.99. The average molecular weight is 317 g/mol. The van der Waals surface area contributed by atoms with Crippen LogP contribution in [0.2, 0.25) is 0 Å². The Morgan fingerprint density at radius 2 is 1.57 bits per heavy atom. The molecule has 0 spiro atoms. The van der Waals surface area contributed by atoms with Crippen LogP contribution in [-0.2, 0) is 4.74 Å². The Balaban J connectivity index is 2.13. The number of carbonyl (C=O) groups excluding carboxylic acids is 2. The van der Waals surface area contributed by atoms with Gasteiger partial charge in [0, 0.05) is 11.3 Å². The molecule has 7 heteroatoms. The number of nitrogens with one attached hydrogen (secondary N) is 1. The molecule has 2 aromatic rings. The molecule has 0 saturated carbocycles. The first kappa shape index (κ1) is 16.2. The Bertz CT molecular complexity index is 716. The number of carbonyl (C=O) groups is 2. The van der Waals surface area contributed by atoms with Crippen LogP contribution in [0, 0.1) is 0 Å². The minimum Gasteiger partial charge on any atom is -0.504 e. The average Bonchev–Trinajstić information content (AvgIpc) is 2.53. The molecule has 0 radical (unpaired) electrons. The molecule has 0 aromatic heterocycles. The molecule has 0 heterocycles. The van der Waals surface area contributed by atoms with Crippen LogP contribution in [0.15, 0.2) is 36.4 Å². The molecule has 0 atom stereocenters. The van der Waals surface area contributed by atoms with Gasteiger partial charge in [-0.15, -0.1) is 0 Å². The lowest BCUT2D eigenvalue weighted by Crippen LogP contribution is -2.12. The zero-order valence-corrected chi connectivity index (χ0v) is 12.2. The zero-order chi connectivity index (χ0) is 17.0. The molecule has 0 fully saturated rings. The van der Waals surface area contributed by atoms with Gasteiger partial charge in [0.25, 0.3) is 5.91 Å². The van der Waals surface area contributed by atoms with E-state index in [9.17, 15) is 24.9 Å². The number of rotatable bonds is 4. The monoisotopic (exact) mass is 317 g/mol. The Kier molecular flexibility index (Phi) is 4.70. The fourth-order valence-electron chi connectivity index (χ4n) is 1.84. The van der Waals surface area contributed by atoms with E-state index in [0.29, 0.717) is 11.3 Å². The quantitative estimate of drug-likeness (QED) is 0.507. The summed E-state index contributed by atoms with van der Waals surface area (Å²) < 4.78 is 4.85. The van der Waals surface area contributed by atoms with Crippen LogP contribution >= 0.6 is 0 Å². The van der Waals surface area contributed by atoms with E-state index in [-0.39, 0.29) is 12.2 Å². The topological polar surface area (TPSA) is 116 Å². The van der Waals surface area contributed by atoms with Gasteiger partial charge >= 0.3 is 5.97 Å². The van der Waals surface area contributed by atoms with Crippen molar-refractivity contribution in [2.75, 3.05) is 11.9 Å². The number of esters is 1. The zero-order valence-electron chi connectivity index (χ0n) is 12.2. The van der Waals surface area contributed by atoms with Gasteiger partial charge in [-0.25, -0.2) is 4.79 Å². The third-order valence-corrected chi connectivity index (χ3v) is 2.99. The van der Waals surface area contributed by atoms with Gasteiger partial charge in [0.1, 0.15) is 0 Å². The van der Waals surface area contributed by atoms with E-state index in [2.05, 4.69) is 5.32 Å². The molecule has 0 aliphatic carbocycles. The lowest BCUT2D eigenvalue weighted by Gasteiger charge is -2.08. The summed E-state index contributed by atoms with van der Waals surface area (Å²) in [6.45, 7) is 1.97. The van der Waals surface area contributed by atoms with E-state index in [0.717, 1.165) is 12.1 Å². The maximum atomic E-state index is 12.0. The van der Waals surface area contributed by atoms with Crippen LogP contribution in [0.4, 0.5) is 5.69 Å². The highest BCUT2D eigenvalue weighted by atomic mass is 16.5. The van der Waals surface area contributed by atoms with Crippen molar-refractivity contribution in [2.45, 2.75) is 6.92 Å². The number of anilines is 1. The number of hydrogen-bond acceptors (Lipinski definition) is 6. The molecule has 2 aromatic carbocycles. The van der Waals surface area contributed by atoms with Crippen LogP contribution in [0.5, 0.6) is 17.2 Å². The summed E-state index contributed by atoms with van der Waals surface area (Å²) in [5.74, 6) is -2.96. The predicted molar refractivity (Wildman–Crippen MR) is 81.8 cm³/mol. The van der Waals surface area contributed by atoms with Crippen molar-refractivity contribution in [1.82, 2.24) is 0 Å². The van der Waals surface area contributed by atoms with Gasteiger partial charge in [0.2, 0.25) is 0 Å². The van der Waals surface area contributed by atoms with Crippen molar-refractivity contribution < 1.29 is 29.6 Å². The van der Waals surface area contributed by atoms with E-state index >= 15 is 0 Å². The van der Waals surface area contributed by atoms with Gasteiger partial charge in [0.15, 0.2) is 17.2 Å². The molecule has 0 bridgehead atoms. The predicted octanol–water partition coefficient (Wildman–Crippen LogP) is 2.23. The van der Waals surface area contributed by atoms with Crippen LogP contribution in [0.1, 0.15) is 27.6 Å². The first-order chi connectivity index (χ1) is 10.9. The van der Waals surface area contributed by atoms with E-state index in [1.54, 1.807) is 6.92 Å². The van der Waals surface area contributed by atoms with Gasteiger partial charge in [-0.1, -0.05) is 0 Å². The lowest BCUT2D eigenvalue weighted by atomic mass is 10.1. The highest BCUT2D eigenvalue weighted by molar-refractivity contribution is 6.05. The van der Waals surface area contributed by atoms with E-state index in [4.69, 9.17) is 4.74 Å². The fourth-order valence-corrected chi connectivity index (χ4v) is 1.84. The van der Waals surface area contributed by atoms with Gasteiger partial charge in [-0.3, -0.25) is 4.79 Å². The minimum atomic E-state index is -0.694.